The van der Waals surface area contributed by atoms with Crippen molar-refractivity contribution in [3.05, 3.63) is 22.8 Å². The third-order valence-electron chi connectivity index (χ3n) is 8.29. The zero-order valence-corrected chi connectivity index (χ0v) is 18.8. The molecule has 4 rings (SSSR count). The van der Waals surface area contributed by atoms with Crippen LogP contribution in [0.2, 0.25) is 0 Å². The highest BCUT2D eigenvalue weighted by molar-refractivity contribution is 5.97. The van der Waals surface area contributed by atoms with Gasteiger partial charge in [0.05, 0.1) is 18.2 Å². The van der Waals surface area contributed by atoms with Crippen LogP contribution in [0.5, 0.6) is 0 Å². The number of fused-ring (bicyclic) bond motifs is 4. The zero-order chi connectivity index (χ0) is 22.2. The number of nitriles is 1. The highest BCUT2D eigenvalue weighted by Gasteiger charge is 2.63. The van der Waals surface area contributed by atoms with Crippen molar-refractivity contribution >= 4 is 17.7 Å². The van der Waals surface area contributed by atoms with Gasteiger partial charge in [0.2, 0.25) is 0 Å². The minimum absolute atomic E-state index is 0.153. The lowest BCUT2D eigenvalue weighted by molar-refractivity contribution is -0.174. The quantitative estimate of drug-likeness (QED) is 0.354. The number of esters is 1. The van der Waals surface area contributed by atoms with Crippen LogP contribution < -0.4 is 0 Å². The van der Waals surface area contributed by atoms with Crippen LogP contribution in [0.25, 0.3) is 0 Å². The first kappa shape index (κ1) is 21.8. The van der Waals surface area contributed by atoms with E-state index in [9.17, 15) is 14.9 Å². The van der Waals surface area contributed by atoms with Crippen LogP contribution in [0.3, 0.4) is 0 Å². The SMILES string of the molecule is CCC(=O)ON=C1C=C2CCC3C(=C2CC1)CC[C@@]1(C)C3CC[C@]1(CC#N)OC(C)=O. The summed E-state index contributed by atoms with van der Waals surface area (Å²) in [6, 6.07) is 2.31. The average Bonchev–Trinajstić information content (AvgIpc) is 3.03. The van der Waals surface area contributed by atoms with Gasteiger partial charge >= 0.3 is 11.9 Å². The maximum absolute atomic E-state index is 11.9. The Labute approximate surface area is 184 Å². The lowest BCUT2D eigenvalue weighted by atomic mass is 9.54. The van der Waals surface area contributed by atoms with Crippen molar-refractivity contribution in [1.82, 2.24) is 0 Å². The van der Waals surface area contributed by atoms with E-state index in [0.29, 0.717) is 18.3 Å². The van der Waals surface area contributed by atoms with Gasteiger partial charge in [-0.1, -0.05) is 24.6 Å². The van der Waals surface area contributed by atoms with Gasteiger partial charge in [-0.15, -0.1) is 0 Å². The summed E-state index contributed by atoms with van der Waals surface area (Å²) in [5.74, 6) is 0.357. The molecule has 4 aliphatic carbocycles. The number of hydrogen-bond acceptors (Lipinski definition) is 6. The Bertz CT molecular complexity index is 924. The van der Waals surface area contributed by atoms with Gasteiger partial charge in [-0.05, 0) is 80.4 Å². The van der Waals surface area contributed by atoms with E-state index in [2.05, 4.69) is 24.2 Å². The molecule has 166 valence electrons. The predicted molar refractivity (Wildman–Crippen MR) is 116 cm³/mol. The van der Waals surface area contributed by atoms with Crippen molar-refractivity contribution in [2.75, 3.05) is 0 Å². The van der Waals surface area contributed by atoms with Gasteiger partial charge in [-0.2, -0.15) is 5.26 Å². The maximum atomic E-state index is 11.9. The Balaban J connectivity index is 1.61. The molecule has 2 fully saturated rings. The number of carbonyl (C=O) groups excluding carboxylic acids is 2. The first-order chi connectivity index (χ1) is 14.8. The second-order valence-electron chi connectivity index (χ2n) is 9.70. The molecular weight excluding hydrogens is 392 g/mol. The van der Waals surface area contributed by atoms with Crippen LogP contribution in [-0.2, 0) is 19.2 Å². The Morgan fingerprint density at radius 3 is 2.74 bits per heavy atom. The minimum Gasteiger partial charge on any atom is -0.458 e. The largest absolute Gasteiger partial charge is 0.458 e. The summed E-state index contributed by atoms with van der Waals surface area (Å²) in [5.41, 5.74) is 4.43. The van der Waals surface area contributed by atoms with E-state index in [1.165, 1.54) is 18.1 Å². The van der Waals surface area contributed by atoms with Crippen LogP contribution in [-0.4, -0.2) is 23.3 Å². The van der Waals surface area contributed by atoms with Gasteiger partial charge < -0.3 is 9.57 Å². The lowest BCUT2D eigenvalue weighted by Crippen LogP contribution is -2.51. The maximum Gasteiger partial charge on any atom is 0.334 e. The summed E-state index contributed by atoms with van der Waals surface area (Å²) in [6.45, 7) is 5.48. The van der Waals surface area contributed by atoms with Crippen LogP contribution in [0, 0.1) is 28.6 Å². The fourth-order valence-electron chi connectivity index (χ4n) is 6.78. The van der Waals surface area contributed by atoms with Crippen molar-refractivity contribution in [3.8, 4) is 6.07 Å². The second kappa shape index (κ2) is 8.26. The zero-order valence-electron chi connectivity index (χ0n) is 18.8. The lowest BCUT2D eigenvalue weighted by Gasteiger charge is -2.52. The topological polar surface area (TPSA) is 88.8 Å². The van der Waals surface area contributed by atoms with Crippen LogP contribution >= 0.6 is 0 Å². The summed E-state index contributed by atoms with van der Waals surface area (Å²) < 4.78 is 5.92. The number of oxime groups is 1. The third kappa shape index (κ3) is 3.62. The van der Waals surface area contributed by atoms with E-state index in [-0.39, 0.29) is 23.8 Å². The van der Waals surface area contributed by atoms with Crippen LogP contribution in [0.1, 0.15) is 85.0 Å². The monoisotopic (exact) mass is 424 g/mol. The Morgan fingerprint density at radius 1 is 1.23 bits per heavy atom. The molecule has 0 aromatic carbocycles. The van der Waals surface area contributed by atoms with Gasteiger partial charge in [0.25, 0.3) is 0 Å². The summed E-state index contributed by atoms with van der Waals surface area (Å²) in [5, 5.41) is 13.6. The molecular formula is C25H32N2O4. The first-order valence-electron chi connectivity index (χ1n) is 11.6. The molecule has 0 aromatic rings. The predicted octanol–water partition coefficient (Wildman–Crippen LogP) is 5.15. The van der Waals surface area contributed by atoms with Crippen molar-refractivity contribution < 1.29 is 19.2 Å². The van der Waals surface area contributed by atoms with Crippen molar-refractivity contribution in [1.29, 1.82) is 5.26 Å². The fraction of sp³-hybridized carbons (Fsp3) is 0.680. The van der Waals surface area contributed by atoms with Gasteiger partial charge in [0.15, 0.2) is 0 Å². The van der Waals surface area contributed by atoms with Crippen molar-refractivity contribution in [2.45, 2.75) is 90.6 Å². The Kier molecular flexibility index (Phi) is 5.81. The highest BCUT2D eigenvalue weighted by atomic mass is 16.7. The van der Waals surface area contributed by atoms with E-state index in [1.807, 2.05) is 0 Å². The Hall–Kier alpha value is -2.42. The summed E-state index contributed by atoms with van der Waals surface area (Å²) in [4.78, 5) is 28.3. The number of carbonyl (C=O) groups is 2. The van der Waals surface area contributed by atoms with E-state index < -0.39 is 5.60 Å². The molecule has 0 heterocycles. The van der Waals surface area contributed by atoms with E-state index >= 15 is 0 Å². The van der Waals surface area contributed by atoms with E-state index in [0.717, 1.165) is 57.1 Å². The summed E-state index contributed by atoms with van der Waals surface area (Å²) >= 11 is 0. The highest BCUT2D eigenvalue weighted by Crippen LogP contribution is 2.65. The molecule has 0 aromatic heterocycles. The number of ether oxygens (including phenoxy) is 1. The molecule has 6 nitrogen and oxygen atoms in total. The van der Waals surface area contributed by atoms with E-state index in [1.54, 1.807) is 12.5 Å². The van der Waals surface area contributed by atoms with Gasteiger partial charge in [-0.25, -0.2) is 4.79 Å². The van der Waals surface area contributed by atoms with E-state index in [4.69, 9.17) is 9.57 Å². The molecule has 0 saturated heterocycles. The van der Waals surface area contributed by atoms with Gasteiger partial charge in [-0.3, -0.25) is 4.79 Å². The van der Waals surface area contributed by atoms with Gasteiger partial charge in [0, 0.05) is 18.8 Å². The molecule has 0 spiro atoms. The second-order valence-corrected chi connectivity index (χ2v) is 9.70. The summed E-state index contributed by atoms with van der Waals surface area (Å²) in [7, 11) is 0. The number of allylic oxidation sites excluding steroid dienone is 4. The number of nitrogens with zero attached hydrogens (tertiary/aromatic N) is 2. The molecule has 0 N–H and O–H groups in total. The minimum atomic E-state index is -0.653. The molecule has 0 bridgehead atoms. The van der Waals surface area contributed by atoms with Crippen molar-refractivity contribution in [3.63, 3.8) is 0 Å². The van der Waals surface area contributed by atoms with Crippen LogP contribution in [0.4, 0.5) is 0 Å². The van der Waals surface area contributed by atoms with Gasteiger partial charge in [0.1, 0.15) is 5.60 Å². The smallest absolute Gasteiger partial charge is 0.334 e. The molecule has 0 aliphatic heterocycles. The fourth-order valence-corrected chi connectivity index (χ4v) is 6.78. The third-order valence-corrected chi connectivity index (χ3v) is 8.29. The standard InChI is InChI=1S/C25H32N2O4/c1-4-23(29)31-27-18-6-8-19-17(15-18)5-7-21-20(19)9-11-24(3)22(21)10-12-25(24,13-14-26)30-16(2)28/h15,21-22H,4-13H2,1-3H3/t21?,22?,24-,25+/m0/s1. The normalized spacial score (nSPS) is 35.4. The molecule has 2 saturated carbocycles. The molecule has 2 unspecified atom stereocenters. The number of rotatable bonds is 4. The van der Waals surface area contributed by atoms with Crippen molar-refractivity contribution in [2.24, 2.45) is 22.4 Å². The first-order valence-corrected chi connectivity index (χ1v) is 11.6. The molecule has 4 aliphatic rings. The molecule has 31 heavy (non-hydrogen) atoms. The molecule has 4 atom stereocenters. The molecule has 0 amide bonds. The van der Waals surface area contributed by atoms with Crippen LogP contribution in [0.15, 0.2) is 28.0 Å². The molecule has 6 heteroatoms. The number of hydrogen-bond donors (Lipinski definition) is 0. The Morgan fingerprint density at radius 2 is 2.03 bits per heavy atom. The average molecular weight is 425 g/mol. The summed E-state index contributed by atoms with van der Waals surface area (Å²) in [6.07, 6.45) is 10.3. The molecule has 0 radical (unpaired) electrons.